The molecule has 2 aromatic carbocycles. The van der Waals surface area contributed by atoms with Gasteiger partial charge in [0, 0.05) is 11.9 Å². The Bertz CT molecular complexity index is 730. The highest BCUT2D eigenvalue weighted by Gasteiger charge is 2.18. The van der Waals surface area contributed by atoms with Gasteiger partial charge in [-0.1, -0.05) is 48.5 Å². The third-order valence-corrected chi connectivity index (χ3v) is 3.30. The number of rotatable bonds is 4. The Morgan fingerprint density at radius 1 is 0.909 bits per heavy atom. The average Bonchev–Trinajstić information content (AvgIpc) is 2.61. The molecule has 1 heterocycles. The van der Waals surface area contributed by atoms with Crippen LogP contribution in [0, 0.1) is 0 Å². The topological polar surface area (TPSA) is 46.1 Å². The third kappa shape index (κ3) is 3.17. The second-order valence-corrected chi connectivity index (χ2v) is 4.81. The molecule has 108 valence electrons. The summed E-state index contributed by atoms with van der Waals surface area (Å²) in [5, 5.41) is 0. The smallest absolute Gasteiger partial charge is 0.277 e. The third-order valence-electron chi connectivity index (χ3n) is 3.30. The second kappa shape index (κ2) is 6.63. The highest BCUT2D eigenvalue weighted by molar-refractivity contribution is 6.04. The van der Waals surface area contributed by atoms with E-state index in [1.807, 2.05) is 60.7 Å². The number of hydrogen-bond donors (Lipinski definition) is 0. The van der Waals surface area contributed by atoms with Gasteiger partial charge < -0.3 is 4.90 Å². The average molecular weight is 289 g/mol. The van der Waals surface area contributed by atoms with Gasteiger partial charge in [-0.05, 0) is 23.8 Å². The van der Waals surface area contributed by atoms with Gasteiger partial charge in [-0.2, -0.15) is 0 Å². The summed E-state index contributed by atoms with van der Waals surface area (Å²) >= 11 is 0. The van der Waals surface area contributed by atoms with Gasteiger partial charge in [0.1, 0.15) is 12.0 Å². The predicted molar refractivity (Wildman–Crippen MR) is 85.4 cm³/mol. The summed E-state index contributed by atoms with van der Waals surface area (Å²) < 4.78 is 0. The number of carbonyl (C=O) groups is 1. The molecule has 4 heteroatoms. The van der Waals surface area contributed by atoms with Crippen LogP contribution in [0.25, 0.3) is 0 Å². The van der Waals surface area contributed by atoms with Crippen LogP contribution in [0.1, 0.15) is 16.1 Å². The van der Waals surface area contributed by atoms with Crippen molar-refractivity contribution in [2.45, 2.75) is 6.54 Å². The quantitative estimate of drug-likeness (QED) is 0.740. The van der Waals surface area contributed by atoms with Crippen LogP contribution in [-0.2, 0) is 6.54 Å². The molecule has 0 aliphatic rings. The van der Waals surface area contributed by atoms with Gasteiger partial charge in [-0.3, -0.25) is 4.79 Å². The monoisotopic (exact) mass is 289 g/mol. The van der Waals surface area contributed by atoms with Crippen molar-refractivity contribution >= 4 is 11.6 Å². The van der Waals surface area contributed by atoms with Crippen LogP contribution in [0.3, 0.4) is 0 Å². The molecule has 22 heavy (non-hydrogen) atoms. The maximum atomic E-state index is 12.8. The van der Waals surface area contributed by atoms with Gasteiger partial charge in [-0.15, -0.1) is 0 Å². The minimum absolute atomic E-state index is 0.141. The Kier molecular flexibility index (Phi) is 4.20. The molecule has 0 saturated heterocycles. The normalized spacial score (nSPS) is 10.2. The van der Waals surface area contributed by atoms with E-state index in [0.29, 0.717) is 12.2 Å². The summed E-state index contributed by atoms with van der Waals surface area (Å²) in [5.74, 6) is -0.141. The number of aromatic nitrogens is 2. The summed E-state index contributed by atoms with van der Waals surface area (Å²) in [4.78, 5) is 22.4. The van der Waals surface area contributed by atoms with Gasteiger partial charge >= 0.3 is 0 Å². The maximum absolute atomic E-state index is 12.8. The molecule has 3 aromatic rings. The zero-order valence-electron chi connectivity index (χ0n) is 12.0. The van der Waals surface area contributed by atoms with Crippen molar-refractivity contribution in [2.24, 2.45) is 0 Å². The summed E-state index contributed by atoms with van der Waals surface area (Å²) in [6, 6.07) is 21.1. The minimum Gasteiger partial charge on any atom is -0.303 e. The molecule has 0 saturated carbocycles. The highest BCUT2D eigenvalue weighted by atomic mass is 16.2. The zero-order valence-corrected chi connectivity index (χ0v) is 12.0. The first-order valence-corrected chi connectivity index (χ1v) is 7.01. The van der Waals surface area contributed by atoms with Crippen LogP contribution in [0.4, 0.5) is 5.69 Å². The van der Waals surface area contributed by atoms with Crippen LogP contribution in [0.15, 0.2) is 79.3 Å². The zero-order chi connectivity index (χ0) is 15.2. The van der Waals surface area contributed by atoms with E-state index in [9.17, 15) is 4.79 Å². The molecule has 0 aliphatic carbocycles. The number of carbonyl (C=O) groups excluding carboxylic acids is 1. The molecule has 0 aliphatic heterocycles. The van der Waals surface area contributed by atoms with E-state index in [1.165, 1.54) is 6.33 Å². The van der Waals surface area contributed by atoms with Crippen molar-refractivity contribution in [3.05, 3.63) is 90.5 Å². The summed E-state index contributed by atoms with van der Waals surface area (Å²) in [6.45, 7) is 0.494. The van der Waals surface area contributed by atoms with Crippen LogP contribution in [0.5, 0.6) is 0 Å². The van der Waals surface area contributed by atoms with Crippen molar-refractivity contribution in [2.75, 3.05) is 4.90 Å². The molecule has 1 aromatic heterocycles. The molecule has 0 atom stereocenters. The molecular weight excluding hydrogens is 274 g/mol. The minimum atomic E-state index is -0.141. The Labute approximate surface area is 129 Å². The van der Waals surface area contributed by atoms with E-state index in [4.69, 9.17) is 0 Å². The van der Waals surface area contributed by atoms with Crippen LogP contribution < -0.4 is 4.90 Å². The van der Waals surface area contributed by atoms with Crippen molar-refractivity contribution in [1.29, 1.82) is 0 Å². The molecule has 4 nitrogen and oxygen atoms in total. The van der Waals surface area contributed by atoms with Crippen molar-refractivity contribution < 1.29 is 4.79 Å². The van der Waals surface area contributed by atoms with Gasteiger partial charge in [0.2, 0.25) is 0 Å². The number of para-hydroxylation sites is 1. The number of benzene rings is 2. The van der Waals surface area contributed by atoms with Crippen molar-refractivity contribution in [3.8, 4) is 0 Å². The fraction of sp³-hybridized carbons (Fsp3) is 0.0556. The van der Waals surface area contributed by atoms with E-state index in [2.05, 4.69) is 9.97 Å². The van der Waals surface area contributed by atoms with Gasteiger partial charge in [0.15, 0.2) is 0 Å². The van der Waals surface area contributed by atoms with Gasteiger partial charge in [0.05, 0.1) is 6.54 Å². The van der Waals surface area contributed by atoms with Crippen molar-refractivity contribution in [1.82, 2.24) is 9.97 Å². The largest absolute Gasteiger partial charge is 0.303 e. The molecular formula is C18H15N3O. The number of amides is 1. The van der Waals surface area contributed by atoms with E-state index < -0.39 is 0 Å². The number of nitrogens with zero attached hydrogens (tertiary/aromatic N) is 3. The van der Waals surface area contributed by atoms with Crippen LogP contribution >= 0.6 is 0 Å². The lowest BCUT2D eigenvalue weighted by Gasteiger charge is -2.22. The number of hydrogen-bond acceptors (Lipinski definition) is 3. The van der Waals surface area contributed by atoms with E-state index in [1.54, 1.807) is 17.2 Å². The summed E-state index contributed by atoms with van der Waals surface area (Å²) in [5.41, 5.74) is 2.29. The molecule has 0 bridgehead atoms. The SMILES string of the molecule is O=C(c1ccncn1)N(Cc1ccccc1)c1ccccc1. The Balaban J connectivity index is 1.95. The molecule has 0 spiro atoms. The van der Waals surface area contributed by atoms with Crippen LogP contribution in [-0.4, -0.2) is 15.9 Å². The predicted octanol–water partition coefficient (Wildman–Crippen LogP) is 3.32. The summed E-state index contributed by atoms with van der Waals surface area (Å²) in [6.07, 6.45) is 2.96. The first-order chi connectivity index (χ1) is 10.8. The van der Waals surface area contributed by atoms with Gasteiger partial charge in [0.25, 0.3) is 5.91 Å². The Morgan fingerprint density at radius 3 is 2.23 bits per heavy atom. The lowest BCUT2D eigenvalue weighted by molar-refractivity contribution is 0.0980. The fourth-order valence-corrected chi connectivity index (χ4v) is 2.21. The van der Waals surface area contributed by atoms with Crippen LogP contribution in [0.2, 0.25) is 0 Å². The molecule has 0 fully saturated rings. The second-order valence-electron chi connectivity index (χ2n) is 4.81. The standard InChI is InChI=1S/C18H15N3O/c22-18(17-11-12-19-14-20-17)21(16-9-5-2-6-10-16)13-15-7-3-1-4-8-15/h1-12,14H,13H2. The van der Waals surface area contributed by atoms with Crippen molar-refractivity contribution in [3.63, 3.8) is 0 Å². The van der Waals surface area contributed by atoms with E-state index >= 15 is 0 Å². The lowest BCUT2D eigenvalue weighted by atomic mass is 10.2. The molecule has 1 amide bonds. The molecule has 0 N–H and O–H groups in total. The molecule has 0 unspecified atom stereocenters. The Hall–Kier alpha value is -3.01. The van der Waals surface area contributed by atoms with Gasteiger partial charge in [-0.25, -0.2) is 9.97 Å². The molecule has 0 radical (unpaired) electrons. The summed E-state index contributed by atoms with van der Waals surface area (Å²) in [7, 11) is 0. The fourth-order valence-electron chi connectivity index (χ4n) is 2.21. The number of anilines is 1. The molecule has 3 rings (SSSR count). The van der Waals surface area contributed by atoms with E-state index in [0.717, 1.165) is 11.3 Å². The van der Waals surface area contributed by atoms with E-state index in [-0.39, 0.29) is 5.91 Å². The maximum Gasteiger partial charge on any atom is 0.277 e. The first-order valence-electron chi connectivity index (χ1n) is 7.01. The lowest BCUT2D eigenvalue weighted by Crippen LogP contribution is -2.31. The first kappa shape index (κ1) is 13.9. The highest BCUT2D eigenvalue weighted by Crippen LogP contribution is 2.19. The Morgan fingerprint density at radius 2 is 1.59 bits per heavy atom.